The van der Waals surface area contributed by atoms with Crippen molar-refractivity contribution in [3.63, 3.8) is 0 Å². The van der Waals surface area contributed by atoms with Gasteiger partial charge < -0.3 is 0 Å². The number of hydrogen-bond donors (Lipinski definition) is 0. The third-order valence-electron chi connectivity index (χ3n) is 3.51. The Bertz CT molecular complexity index is 717. The van der Waals surface area contributed by atoms with Crippen molar-refractivity contribution >= 4 is 36.0 Å². The van der Waals surface area contributed by atoms with Gasteiger partial charge >= 0.3 is 0 Å². The standard InChI is InChI=1S/C13H14ClN3S2/c1-9-8-10(4-5-11(9)14)17-12(18)15-6-2-3-7-16(15)13(17)19/h4-5,8H,2-3,6-7H2,1H3. The molecule has 1 aromatic carbocycles. The van der Waals surface area contributed by atoms with Crippen LogP contribution in [0.4, 0.5) is 0 Å². The summed E-state index contributed by atoms with van der Waals surface area (Å²) in [6, 6.07) is 5.89. The summed E-state index contributed by atoms with van der Waals surface area (Å²) in [5.74, 6) is 0. The average Bonchev–Trinajstić information content (AvgIpc) is 2.66. The minimum Gasteiger partial charge on any atom is -0.261 e. The quantitative estimate of drug-likeness (QED) is 0.730. The van der Waals surface area contributed by atoms with Crippen molar-refractivity contribution in [1.29, 1.82) is 0 Å². The maximum Gasteiger partial charge on any atom is 0.201 e. The van der Waals surface area contributed by atoms with Crippen LogP contribution < -0.4 is 0 Å². The van der Waals surface area contributed by atoms with Gasteiger partial charge in [0.05, 0.1) is 5.69 Å². The molecule has 0 unspecified atom stereocenters. The first-order valence-electron chi connectivity index (χ1n) is 6.29. The van der Waals surface area contributed by atoms with E-state index in [2.05, 4.69) is 9.36 Å². The summed E-state index contributed by atoms with van der Waals surface area (Å²) >= 11 is 17.2. The lowest BCUT2D eigenvalue weighted by molar-refractivity contribution is 0.357. The summed E-state index contributed by atoms with van der Waals surface area (Å²) in [5, 5.41) is 0.762. The molecule has 3 rings (SSSR count). The second-order valence-corrected chi connectivity index (χ2v) is 5.92. The van der Waals surface area contributed by atoms with E-state index in [1.807, 2.05) is 29.7 Å². The molecule has 0 saturated heterocycles. The lowest BCUT2D eigenvalue weighted by Crippen LogP contribution is -2.18. The highest BCUT2D eigenvalue weighted by Crippen LogP contribution is 2.21. The molecule has 0 aliphatic carbocycles. The first-order valence-corrected chi connectivity index (χ1v) is 7.48. The van der Waals surface area contributed by atoms with Gasteiger partial charge in [0.2, 0.25) is 9.54 Å². The Kier molecular flexibility index (Phi) is 3.37. The fraction of sp³-hybridized carbons (Fsp3) is 0.385. The Labute approximate surface area is 127 Å². The molecule has 0 bridgehead atoms. The van der Waals surface area contributed by atoms with Crippen LogP contribution in [-0.4, -0.2) is 13.9 Å². The third kappa shape index (κ3) is 2.10. The van der Waals surface area contributed by atoms with Crippen LogP contribution in [0, 0.1) is 16.5 Å². The SMILES string of the molecule is Cc1cc(-n2c(=S)n3n(c2=S)CCCC3)ccc1Cl. The van der Waals surface area contributed by atoms with E-state index in [1.54, 1.807) is 0 Å². The highest BCUT2D eigenvalue weighted by molar-refractivity contribution is 7.72. The van der Waals surface area contributed by atoms with E-state index in [1.165, 1.54) is 0 Å². The van der Waals surface area contributed by atoms with Gasteiger partial charge in [0, 0.05) is 18.1 Å². The molecule has 0 N–H and O–H groups in total. The largest absolute Gasteiger partial charge is 0.261 e. The smallest absolute Gasteiger partial charge is 0.201 e. The van der Waals surface area contributed by atoms with Crippen molar-refractivity contribution in [2.24, 2.45) is 0 Å². The molecule has 0 amide bonds. The zero-order chi connectivity index (χ0) is 13.6. The molecule has 1 aliphatic heterocycles. The summed E-state index contributed by atoms with van der Waals surface area (Å²) in [4.78, 5) is 0. The predicted molar refractivity (Wildman–Crippen MR) is 82.4 cm³/mol. The lowest BCUT2D eigenvalue weighted by atomic mass is 10.2. The zero-order valence-electron chi connectivity index (χ0n) is 10.6. The van der Waals surface area contributed by atoms with E-state index in [0.717, 1.165) is 51.7 Å². The monoisotopic (exact) mass is 311 g/mol. The van der Waals surface area contributed by atoms with E-state index in [0.29, 0.717) is 0 Å². The third-order valence-corrected chi connectivity index (χ3v) is 4.72. The molecule has 1 aromatic heterocycles. The number of aryl methyl sites for hydroxylation is 1. The number of benzene rings is 1. The number of hydrogen-bond acceptors (Lipinski definition) is 2. The van der Waals surface area contributed by atoms with Gasteiger partial charge in [-0.2, -0.15) is 0 Å². The Morgan fingerprint density at radius 3 is 2.16 bits per heavy atom. The average molecular weight is 312 g/mol. The molecule has 2 heterocycles. The van der Waals surface area contributed by atoms with Crippen molar-refractivity contribution < 1.29 is 0 Å². The maximum atomic E-state index is 6.08. The summed E-state index contributed by atoms with van der Waals surface area (Å²) in [6.07, 6.45) is 2.32. The molecule has 19 heavy (non-hydrogen) atoms. The van der Waals surface area contributed by atoms with Crippen LogP contribution in [0.15, 0.2) is 18.2 Å². The van der Waals surface area contributed by atoms with Gasteiger partial charge in [-0.15, -0.1) is 0 Å². The topological polar surface area (TPSA) is 14.8 Å². The van der Waals surface area contributed by atoms with Gasteiger partial charge in [0.25, 0.3) is 0 Å². The highest BCUT2D eigenvalue weighted by Gasteiger charge is 2.15. The van der Waals surface area contributed by atoms with Crippen LogP contribution in [0.25, 0.3) is 5.69 Å². The first-order chi connectivity index (χ1) is 9.09. The van der Waals surface area contributed by atoms with Gasteiger partial charge in [-0.3, -0.25) is 13.9 Å². The normalized spacial score (nSPS) is 14.4. The molecule has 0 saturated carbocycles. The molecule has 100 valence electrons. The summed E-state index contributed by atoms with van der Waals surface area (Å²) in [7, 11) is 0. The fourth-order valence-corrected chi connectivity index (χ4v) is 3.40. The van der Waals surface area contributed by atoms with Gasteiger partial charge in [0.15, 0.2) is 0 Å². The van der Waals surface area contributed by atoms with Crippen molar-refractivity contribution in [2.45, 2.75) is 32.9 Å². The number of aromatic nitrogens is 3. The molecule has 6 heteroatoms. The van der Waals surface area contributed by atoms with E-state index >= 15 is 0 Å². The van der Waals surface area contributed by atoms with Crippen LogP contribution in [0.2, 0.25) is 5.02 Å². The first kappa shape index (κ1) is 13.1. The van der Waals surface area contributed by atoms with E-state index in [-0.39, 0.29) is 0 Å². The number of nitrogens with zero attached hydrogens (tertiary/aromatic N) is 3. The predicted octanol–water partition coefficient (Wildman–Crippen LogP) is 4.29. The van der Waals surface area contributed by atoms with Crippen LogP contribution in [0.5, 0.6) is 0 Å². The number of rotatable bonds is 1. The molecule has 2 aromatic rings. The Morgan fingerprint density at radius 2 is 1.63 bits per heavy atom. The zero-order valence-corrected chi connectivity index (χ0v) is 13.0. The molecule has 0 radical (unpaired) electrons. The van der Waals surface area contributed by atoms with Crippen molar-refractivity contribution in [3.05, 3.63) is 38.3 Å². The van der Waals surface area contributed by atoms with Gasteiger partial charge in [-0.05, 0) is 68.0 Å². The van der Waals surface area contributed by atoms with Gasteiger partial charge in [-0.25, -0.2) is 0 Å². The molecular formula is C13H14ClN3S2. The van der Waals surface area contributed by atoms with Crippen molar-refractivity contribution in [2.75, 3.05) is 0 Å². The molecule has 3 nitrogen and oxygen atoms in total. The molecular weight excluding hydrogens is 298 g/mol. The van der Waals surface area contributed by atoms with Gasteiger partial charge in [0.1, 0.15) is 0 Å². The van der Waals surface area contributed by atoms with Crippen molar-refractivity contribution in [1.82, 2.24) is 13.9 Å². The van der Waals surface area contributed by atoms with E-state index in [4.69, 9.17) is 36.0 Å². The molecule has 1 aliphatic rings. The minimum atomic E-state index is 0.762. The summed E-state index contributed by atoms with van der Waals surface area (Å²) in [5.41, 5.74) is 2.02. The van der Waals surface area contributed by atoms with Crippen LogP contribution in [-0.2, 0) is 13.1 Å². The Balaban J connectivity index is 2.26. The summed E-state index contributed by atoms with van der Waals surface area (Å²) in [6.45, 7) is 3.88. The lowest BCUT2D eigenvalue weighted by Gasteiger charge is -2.15. The van der Waals surface area contributed by atoms with Crippen LogP contribution >= 0.6 is 36.0 Å². The molecule has 0 spiro atoms. The highest BCUT2D eigenvalue weighted by atomic mass is 35.5. The maximum absolute atomic E-state index is 6.08. The van der Waals surface area contributed by atoms with E-state index in [9.17, 15) is 0 Å². The van der Waals surface area contributed by atoms with Crippen molar-refractivity contribution in [3.8, 4) is 5.69 Å². The minimum absolute atomic E-state index is 0.762. The Morgan fingerprint density at radius 1 is 1.05 bits per heavy atom. The molecule has 0 atom stereocenters. The molecule has 0 fully saturated rings. The van der Waals surface area contributed by atoms with Crippen LogP contribution in [0.3, 0.4) is 0 Å². The second kappa shape index (κ2) is 4.89. The van der Waals surface area contributed by atoms with Gasteiger partial charge in [-0.1, -0.05) is 11.6 Å². The summed E-state index contributed by atoms with van der Waals surface area (Å²) < 4.78 is 7.70. The second-order valence-electron chi connectivity index (χ2n) is 4.79. The Hall–Kier alpha value is -0.910. The number of fused-ring (bicyclic) bond motifs is 1. The van der Waals surface area contributed by atoms with Crippen LogP contribution in [0.1, 0.15) is 18.4 Å². The fourth-order valence-electron chi connectivity index (χ4n) is 2.46. The number of halogens is 1. The van der Waals surface area contributed by atoms with E-state index < -0.39 is 0 Å².